The number of primary sulfonamides is 1. The van der Waals surface area contributed by atoms with Gasteiger partial charge in [-0.3, -0.25) is 0 Å². The van der Waals surface area contributed by atoms with Gasteiger partial charge in [-0.1, -0.05) is 0 Å². The fourth-order valence-corrected chi connectivity index (χ4v) is 3.64. The van der Waals surface area contributed by atoms with Crippen LogP contribution in [-0.4, -0.2) is 19.9 Å². The van der Waals surface area contributed by atoms with E-state index < -0.39 is 10.0 Å². The molecule has 21 heavy (non-hydrogen) atoms. The summed E-state index contributed by atoms with van der Waals surface area (Å²) < 4.78 is 22.7. The number of rotatable bonds is 3. The number of aromatic nitrogens is 1. The molecular weight excluding hydrogens is 332 g/mol. The van der Waals surface area contributed by atoms with E-state index in [1.54, 1.807) is 18.3 Å². The van der Waals surface area contributed by atoms with Crippen LogP contribution in [0.15, 0.2) is 29.3 Å². The minimum absolute atomic E-state index is 0. The lowest BCUT2D eigenvalue weighted by Crippen LogP contribution is -2.19. The van der Waals surface area contributed by atoms with Crippen molar-refractivity contribution in [3.63, 3.8) is 0 Å². The molecule has 4 N–H and O–H groups in total. The predicted molar refractivity (Wildman–Crippen MR) is 86.3 cm³/mol. The number of anilines is 2. The number of hydrogen-bond acceptors (Lipinski definition) is 6. The van der Waals surface area contributed by atoms with E-state index in [0.29, 0.717) is 5.13 Å². The van der Waals surface area contributed by atoms with Crippen LogP contribution in [0.25, 0.3) is 0 Å². The second kappa shape index (κ2) is 5.80. The van der Waals surface area contributed by atoms with Crippen molar-refractivity contribution >= 4 is 44.6 Å². The molecule has 0 atom stereocenters. The third-order valence-corrected chi connectivity index (χ3v) is 5.01. The van der Waals surface area contributed by atoms with Crippen LogP contribution in [0.5, 0.6) is 0 Å². The Morgan fingerprint density at radius 2 is 2.14 bits per heavy atom. The number of halogens is 1. The molecule has 0 saturated carbocycles. The first kappa shape index (κ1) is 16.0. The van der Waals surface area contributed by atoms with Gasteiger partial charge in [0, 0.05) is 23.3 Å². The van der Waals surface area contributed by atoms with E-state index in [0.717, 1.165) is 35.6 Å². The summed E-state index contributed by atoms with van der Waals surface area (Å²) in [7, 11) is -3.64. The molecule has 2 aromatic rings. The maximum atomic E-state index is 11.4. The second-order valence-corrected chi connectivity index (χ2v) is 7.38. The first-order chi connectivity index (χ1) is 9.43. The summed E-state index contributed by atoms with van der Waals surface area (Å²) in [5.41, 5.74) is 7.68. The highest BCUT2D eigenvalue weighted by atomic mass is 35.5. The molecule has 0 amide bonds. The third kappa shape index (κ3) is 3.29. The van der Waals surface area contributed by atoms with Gasteiger partial charge in [-0.15, -0.1) is 23.7 Å². The van der Waals surface area contributed by atoms with Crippen LogP contribution in [0.2, 0.25) is 0 Å². The van der Waals surface area contributed by atoms with E-state index in [4.69, 9.17) is 10.9 Å². The number of fused-ring (bicyclic) bond motifs is 1. The smallest absolute Gasteiger partial charge is 0.238 e. The summed E-state index contributed by atoms with van der Waals surface area (Å²) in [5.74, 6) is 0. The average molecular weight is 347 g/mol. The molecule has 1 aromatic carbocycles. The topological polar surface area (TPSA) is 102 Å². The number of hydrogen-bond donors (Lipinski definition) is 2. The first-order valence-electron chi connectivity index (χ1n) is 6.04. The average Bonchev–Trinajstić information content (AvgIpc) is 2.95. The highest BCUT2D eigenvalue weighted by Crippen LogP contribution is 2.32. The van der Waals surface area contributed by atoms with Crippen molar-refractivity contribution in [3.8, 4) is 0 Å². The Labute approximate surface area is 133 Å². The van der Waals surface area contributed by atoms with Crippen LogP contribution in [0.1, 0.15) is 10.4 Å². The van der Waals surface area contributed by atoms with Gasteiger partial charge in [-0.25, -0.2) is 18.5 Å². The largest absolute Gasteiger partial charge is 0.375 e. The van der Waals surface area contributed by atoms with Gasteiger partial charge in [0.1, 0.15) is 0 Å². The van der Waals surface area contributed by atoms with Crippen molar-refractivity contribution in [1.29, 1.82) is 0 Å². The summed E-state index contributed by atoms with van der Waals surface area (Å²) in [4.78, 5) is 7.48. The van der Waals surface area contributed by atoms with E-state index in [-0.39, 0.29) is 17.3 Å². The van der Waals surface area contributed by atoms with Crippen LogP contribution in [0, 0.1) is 0 Å². The van der Waals surface area contributed by atoms with Crippen molar-refractivity contribution < 1.29 is 8.42 Å². The van der Waals surface area contributed by atoms with Crippen LogP contribution >= 0.6 is 23.7 Å². The summed E-state index contributed by atoms with van der Waals surface area (Å²) in [6, 6.07) is 5.02. The normalized spacial score (nSPS) is 13.9. The SMILES string of the molecule is Cl.Nc1ncc(CN2CCc3cc(S(N)(=O)=O)ccc32)s1. The second-order valence-electron chi connectivity index (χ2n) is 4.67. The van der Waals surface area contributed by atoms with Gasteiger partial charge in [-0.2, -0.15) is 0 Å². The molecule has 0 radical (unpaired) electrons. The molecule has 2 heterocycles. The van der Waals surface area contributed by atoms with Crippen LogP contribution in [0.3, 0.4) is 0 Å². The van der Waals surface area contributed by atoms with E-state index in [9.17, 15) is 8.42 Å². The highest BCUT2D eigenvalue weighted by Gasteiger charge is 2.21. The van der Waals surface area contributed by atoms with Gasteiger partial charge < -0.3 is 10.6 Å². The van der Waals surface area contributed by atoms with Crippen molar-refractivity contribution in [2.75, 3.05) is 17.2 Å². The third-order valence-electron chi connectivity index (χ3n) is 3.29. The Morgan fingerprint density at radius 1 is 1.38 bits per heavy atom. The minimum atomic E-state index is -3.64. The Kier molecular flexibility index (Phi) is 4.43. The molecule has 0 bridgehead atoms. The molecule has 1 aromatic heterocycles. The van der Waals surface area contributed by atoms with Crippen LogP contribution in [-0.2, 0) is 23.0 Å². The van der Waals surface area contributed by atoms with Crippen LogP contribution < -0.4 is 15.8 Å². The fourth-order valence-electron chi connectivity index (χ4n) is 2.37. The van der Waals surface area contributed by atoms with Crippen LogP contribution in [0.4, 0.5) is 10.8 Å². The maximum absolute atomic E-state index is 11.4. The van der Waals surface area contributed by atoms with Gasteiger partial charge in [0.15, 0.2) is 5.13 Å². The Bertz CT molecular complexity index is 760. The number of nitrogens with zero attached hydrogens (tertiary/aromatic N) is 2. The highest BCUT2D eigenvalue weighted by molar-refractivity contribution is 7.89. The van der Waals surface area contributed by atoms with Gasteiger partial charge >= 0.3 is 0 Å². The zero-order valence-corrected chi connectivity index (χ0v) is 13.5. The number of nitrogens with two attached hydrogens (primary N) is 2. The zero-order chi connectivity index (χ0) is 14.3. The van der Waals surface area contributed by atoms with Crippen molar-refractivity contribution in [2.24, 2.45) is 5.14 Å². The number of nitrogen functional groups attached to an aromatic ring is 1. The molecule has 1 aliphatic rings. The molecule has 114 valence electrons. The summed E-state index contributed by atoms with van der Waals surface area (Å²) >= 11 is 1.47. The lowest BCUT2D eigenvalue weighted by molar-refractivity contribution is 0.597. The van der Waals surface area contributed by atoms with Crippen molar-refractivity contribution in [1.82, 2.24) is 4.98 Å². The summed E-state index contributed by atoms with van der Waals surface area (Å²) in [5, 5.41) is 5.71. The van der Waals surface area contributed by atoms with E-state index >= 15 is 0 Å². The lowest BCUT2D eigenvalue weighted by Gasteiger charge is -2.18. The van der Waals surface area contributed by atoms with Gasteiger partial charge in [0.05, 0.1) is 11.4 Å². The number of thiazole rings is 1. The molecule has 0 fully saturated rings. The van der Waals surface area contributed by atoms with Gasteiger partial charge in [0.2, 0.25) is 10.0 Å². The first-order valence-corrected chi connectivity index (χ1v) is 8.40. The van der Waals surface area contributed by atoms with E-state index in [2.05, 4.69) is 9.88 Å². The van der Waals surface area contributed by atoms with E-state index in [1.165, 1.54) is 11.3 Å². The van der Waals surface area contributed by atoms with Gasteiger partial charge in [-0.05, 0) is 30.2 Å². The van der Waals surface area contributed by atoms with E-state index in [1.807, 2.05) is 6.07 Å². The monoisotopic (exact) mass is 346 g/mol. The predicted octanol–water partition coefficient (Wildman–Crippen LogP) is 1.36. The Balaban J connectivity index is 0.00000161. The summed E-state index contributed by atoms with van der Waals surface area (Å²) in [6.45, 7) is 1.58. The summed E-state index contributed by atoms with van der Waals surface area (Å²) in [6.07, 6.45) is 2.59. The molecular formula is C12H15ClN4O2S2. The van der Waals surface area contributed by atoms with Gasteiger partial charge in [0.25, 0.3) is 0 Å². The standard InChI is InChI=1S/C12H14N4O2S2.ClH/c13-12-15-6-9(19-12)7-16-4-3-8-5-10(20(14,17)18)1-2-11(8)16;/h1-2,5-6H,3-4,7H2,(H2,13,15)(H2,14,17,18);1H. The number of benzene rings is 1. The molecule has 9 heteroatoms. The minimum Gasteiger partial charge on any atom is -0.375 e. The molecule has 0 unspecified atom stereocenters. The molecule has 3 rings (SSSR count). The quantitative estimate of drug-likeness (QED) is 0.873. The molecule has 1 aliphatic heterocycles. The lowest BCUT2D eigenvalue weighted by atomic mass is 10.2. The molecule has 6 nitrogen and oxygen atoms in total. The molecule has 0 aliphatic carbocycles. The molecule has 0 saturated heterocycles. The number of sulfonamides is 1. The Morgan fingerprint density at radius 3 is 2.76 bits per heavy atom. The van der Waals surface area contributed by atoms with Crippen molar-refractivity contribution in [3.05, 3.63) is 34.8 Å². The Hall–Kier alpha value is -1.35. The van der Waals surface area contributed by atoms with Crippen molar-refractivity contribution in [2.45, 2.75) is 17.9 Å². The zero-order valence-electron chi connectivity index (χ0n) is 11.0. The fraction of sp³-hybridized carbons (Fsp3) is 0.250. The molecule has 0 spiro atoms. The maximum Gasteiger partial charge on any atom is 0.238 e.